The van der Waals surface area contributed by atoms with E-state index in [-0.39, 0.29) is 24.3 Å². The highest BCUT2D eigenvalue weighted by molar-refractivity contribution is 9.11. The van der Waals surface area contributed by atoms with Crippen LogP contribution in [0, 0.1) is 6.92 Å². The molecule has 0 spiro atoms. The van der Waals surface area contributed by atoms with Gasteiger partial charge in [0.2, 0.25) is 5.91 Å². The lowest BCUT2D eigenvalue weighted by atomic mass is 10.1. The number of hydrogen-bond acceptors (Lipinski definition) is 6. The lowest BCUT2D eigenvalue weighted by Crippen LogP contribution is -2.42. The number of thiophene rings is 1. The third kappa shape index (κ3) is 5.21. The fraction of sp³-hybridized carbons (Fsp3) is 0.381. The van der Waals surface area contributed by atoms with Crippen molar-refractivity contribution in [2.45, 2.75) is 19.4 Å². The molecule has 2 aliphatic heterocycles. The molecule has 3 heterocycles. The summed E-state index contributed by atoms with van der Waals surface area (Å²) in [6, 6.07) is 8.41. The van der Waals surface area contributed by atoms with Gasteiger partial charge in [-0.1, -0.05) is 11.3 Å². The summed E-state index contributed by atoms with van der Waals surface area (Å²) in [7, 11) is -0.846. The van der Waals surface area contributed by atoms with Gasteiger partial charge in [-0.2, -0.15) is 0 Å². The second-order valence-electron chi connectivity index (χ2n) is 7.64. The van der Waals surface area contributed by atoms with Crippen molar-refractivity contribution in [2.24, 2.45) is 0 Å². The normalized spacial score (nSPS) is 19.3. The topological polar surface area (TPSA) is 96.0 Å². The number of benzene rings is 1. The van der Waals surface area contributed by atoms with E-state index in [0.717, 1.165) is 9.35 Å². The molecule has 1 N–H and O–H groups in total. The number of nitrogens with one attached hydrogen (secondary N) is 1. The fourth-order valence-electron chi connectivity index (χ4n) is 3.76. The van der Waals surface area contributed by atoms with Crippen LogP contribution in [0.1, 0.15) is 22.3 Å². The van der Waals surface area contributed by atoms with E-state index in [1.807, 2.05) is 13.0 Å². The van der Waals surface area contributed by atoms with E-state index in [0.29, 0.717) is 47.5 Å². The SMILES string of the molecule is Cc1cc(N2CC(NC(=O)Oc3ccc(Br)s3)CC2=O)ccc1C(=O)N1CCS(=O)CC1. The van der Waals surface area contributed by atoms with Crippen LogP contribution in [0.25, 0.3) is 0 Å². The van der Waals surface area contributed by atoms with Gasteiger partial charge in [-0.15, -0.1) is 0 Å². The Kier molecular flexibility index (Phi) is 6.96. The molecule has 0 radical (unpaired) electrons. The van der Waals surface area contributed by atoms with Crippen LogP contribution in [-0.2, 0) is 15.6 Å². The molecule has 2 fully saturated rings. The van der Waals surface area contributed by atoms with E-state index in [1.54, 1.807) is 34.1 Å². The predicted octanol–water partition coefficient (Wildman–Crippen LogP) is 2.92. The van der Waals surface area contributed by atoms with Gasteiger partial charge in [0.25, 0.3) is 5.91 Å². The Bertz CT molecular complexity index is 1080. The van der Waals surface area contributed by atoms with E-state index in [2.05, 4.69) is 21.2 Å². The van der Waals surface area contributed by atoms with Crippen molar-refractivity contribution in [1.29, 1.82) is 0 Å². The number of amides is 3. The van der Waals surface area contributed by atoms with Crippen LogP contribution in [0.2, 0.25) is 0 Å². The van der Waals surface area contributed by atoms with Gasteiger partial charge >= 0.3 is 6.09 Å². The first-order valence-corrected chi connectivity index (χ1v) is 13.2. The Labute approximate surface area is 200 Å². The molecule has 2 aliphatic rings. The first-order valence-electron chi connectivity index (χ1n) is 10.1. The summed E-state index contributed by atoms with van der Waals surface area (Å²) in [6.07, 6.45) is -0.424. The predicted molar refractivity (Wildman–Crippen MR) is 127 cm³/mol. The molecule has 4 rings (SSSR count). The summed E-state index contributed by atoms with van der Waals surface area (Å²) < 4.78 is 17.6. The van der Waals surface area contributed by atoms with E-state index in [4.69, 9.17) is 4.74 Å². The number of halogens is 1. The van der Waals surface area contributed by atoms with Crippen LogP contribution in [0.15, 0.2) is 34.1 Å². The maximum atomic E-state index is 12.8. The summed E-state index contributed by atoms with van der Waals surface area (Å²) in [5.74, 6) is 0.824. The standard InChI is InChI=1S/C21H22BrN3O5S2/c1-13-10-15(2-3-16(13)20(27)24-6-8-32(29)9-7-24)25-12-14(11-18(25)26)23-21(28)30-19-5-4-17(22)31-19/h2-5,10,14H,6-9,11-12H2,1H3,(H,23,28). The highest BCUT2D eigenvalue weighted by Gasteiger charge is 2.32. The number of anilines is 1. The third-order valence-electron chi connectivity index (χ3n) is 5.41. The molecule has 1 atom stereocenters. The monoisotopic (exact) mass is 539 g/mol. The van der Waals surface area contributed by atoms with Crippen molar-refractivity contribution in [2.75, 3.05) is 36.0 Å². The summed E-state index contributed by atoms with van der Waals surface area (Å²) in [6.45, 7) is 3.14. The Balaban J connectivity index is 1.38. The molecule has 2 aromatic rings. The van der Waals surface area contributed by atoms with Crippen LogP contribution >= 0.6 is 27.3 Å². The quantitative estimate of drug-likeness (QED) is 0.644. The minimum absolute atomic E-state index is 0.0824. The van der Waals surface area contributed by atoms with Crippen molar-refractivity contribution in [3.05, 3.63) is 45.2 Å². The highest BCUT2D eigenvalue weighted by Crippen LogP contribution is 2.29. The lowest BCUT2D eigenvalue weighted by molar-refractivity contribution is -0.117. The zero-order valence-corrected chi connectivity index (χ0v) is 20.6. The van der Waals surface area contributed by atoms with Gasteiger partial charge in [0.15, 0.2) is 5.06 Å². The molecule has 3 amide bonds. The van der Waals surface area contributed by atoms with Gasteiger partial charge in [-0.05, 0) is 58.7 Å². The van der Waals surface area contributed by atoms with E-state index < -0.39 is 16.9 Å². The Morgan fingerprint density at radius 3 is 2.62 bits per heavy atom. The van der Waals surface area contributed by atoms with Gasteiger partial charge in [0.1, 0.15) is 0 Å². The zero-order chi connectivity index (χ0) is 22.8. The first kappa shape index (κ1) is 22.9. The van der Waals surface area contributed by atoms with Gasteiger partial charge in [-0.25, -0.2) is 4.79 Å². The van der Waals surface area contributed by atoms with Crippen LogP contribution < -0.4 is 15.0 Å². The Morgan fingerprint density at radius 2 is 1.97 bits per heavy atom. The molecular formula is C21H22BrN3O5S2. The smallest absolute Gasteiger partial charge is 0.399 e. The summed E-state index contributed by atoms with van der Waals surface area (Å²) in [4.78, 5) is 40.9. The number of rotatable bonds is 4. The second-order valence-corrected chi connectivity index (χ2v) is 11.8. The first-order chi connectivity index (χ1) is 15.3. The van der Waals surface area contributed by atoms with Gasteiger partial charge in [0.05, 0.1) is 9.83 Å². The van der Waals surface area contributed by atoms with Gasteiger partial charge < -0.3 is 19.9 Å². The second kappa shape index (κ2) is 9.72. The molecular weight excluding hydrogens is 518 g/mol. The molecule has 1 unspecified atom stereocenters. The molecule has 32 heavy (non-hydrogen) atoms. The van der Waals surface area contributed by atoms with Crippen LogP contribution in [0.3, 0.4) is 0 Å². The van der Waals surface area contributed by atoms with E-state index in [1.165, 1.54) is 11.3 Å². The number of ether oxygens (including phenoxy) is 1. The maximum Gasteiger partial charge on any atom is 0.413 e. The third-order valence-corrected chi connectivity index (χ3v) is 8.18. The average Bonchev–Trinajstić information content (AvgIpc) is 3.32. The summed E-state index contributed by atoms with van der Waals surface area (Å²) >= 11 is 4.61. The molecule has 170 valence electrons. The van der Waals surface area contributed by atoms with Gasteiger partial charge in [-0.3, -0.25) is 13.8 Å². The fourth-order valence-corrected chi connectivity index (χ4v) is 6.01. The molecule has 0 bridgehead atoms. The molecule has 0 aliphatic carbocycles. The van der Waals surface area contributed by atoms with E-state index >= 15 is 0 Å². The number of carbonyl (C=O) groups is 3. The van der Waals surface area contributed by atoms with Gasteiger partial charge in [0, 0.05) is 59.6 Å². The molecule has 2 saturated heterocycles. The Hall–Kier alpha value is -2.24. The largest absolute Gasteiger partial charge is 0.413 e. The molecule has 11 heteroatoms. The lowest BCUT2D eigenvalue weighted by Gasteiger charge is -2.27. The number of carbonyl (C=O) groups excluding carboxylic acids is 3. The van der Waals surface area contributed by atoms with E-state index in [9.17, 15) is 18.6 Å². The van der Waals surface area contributed by atoms with Crippen LogP contribution in [-0.4, -0.2) is 64.2 Å². The maximum absolute atomic E-state index is 12.8. The van der Waals surface area contributed by atoms with Crippen molar-refractivity contribution in [3.8, 4) is 5.06 Å². The van der Waals surface area contributed by atoms with Crippen molar-refractivity contribution in [1.82, 2.24) is 10.2 Å². The Morgan fingerprint density at radius 1 is 1.22 bits per heavy atom. The van der Waals surface area contributed by atoms with Crippen molar-refractivity contribution < 1.29 is 23.3 Å². The molecule has 1 aromatic heterocycles. The summed E-state index contributed by atoms with van der Waals surface area (Å²) in [5.41, 5.74) is 2.03. The zero-order valence-electron chi connectivity index (χ0n) is 17.3. The minimum Gasteiger partial charge on any atom is -0.399 e. The number of nitrogens with zero attached hydrogens (tertiary/aromatic N) is 2. The van der Waals surface area contributed by atoms with Crippen LogP contribution in [0.4, 0.5) is 10.5 Å². The summed E-state index contributed by atoms with van der Waals surface area (Å²) in [5, 5.41) is 3.20. The molecule has 8 nitrogen and oxygen atoms in total. The average molecular weight is 540 g/mol. The van der Waals surface area contributed by atoms with Crippen molar-refractivity contribution in [3.63, 3.8) is 0 Å². The molecule has 0 saturated carbocycles. The number of aryl methyl sites for hydroxylation is 1. The van der Waals surface area contributed by atoms with Crippen molar-refractivity contribution >= 4 is 61.7 Å². The molecule has 1 aromatic carbocycles. The van der Waals surface area contributed by atoms with Crippen LogP contribution in [0.5, 0.6) is 5.06 Å². The number of hydrogen-bond donors (Lipinski definition) is 1. The highest BCUT2D eigenvalue weighted by atomic mass is 79.9. The minimum atomic E-state index is -0.846.